The van der Waals surface area contributed by atoms with Crippen LogP contribution in [0, 0.1) is 0 Å². The van der Waals surface area contributed by atoms with Gasteiger partial charge in [0.25, 0.3) is 0 Å². The summed E-state index contributed by atoms with van der Waals surface area (Å²) in [5.41, 5.74) is 2.86. The van der Waals surface area contributed by atoms with E-state index in [9.17, 15) is 5.11 Å². The fourth-order valence-corrected chi connectivity index (χ4v) is 2.60. The lowest BCUT2D eigenvalue weighted by Gasteiger charge is -2.09. The molecule has 2 aromatic rings. The minimum atomic E-state index is 0.128. The van der Waals surface area contributed by atoms with Crippen molar-refractivity contribution in [2.45, 2.75) is 13.1 Å². The average molecular weight is 329 g/mol. The Balaban J connectivity index is 1.99. The van der Waals surface area contributed by atoms with Crippen LogP contribution in [0.5, 0.6) is 11.5 Å². The van der Waals surface area contributed by atoms with Gasteiger partial charge < -0.3 is 15.2 Å². The number of ether oxygens (including phenoxy) is 1. The second-order valence-corrected chi connectivity index (χ2v) is 5.53. The summed E-state index contributed by atoms with van der Waals surface area (Å²) in [5, 5.41) is 13.0. The minimum absolute atomic E-state index is 0.128. The molecule has 4 nitrogen and oxygen atoms in total. The standard InChI is InChI=1S/C12H13BrN2O2S/c1-17-11-3-8(2-10(13)12(11)16)4-14-5-9-6-15-7-18-9/h2-3,6-7,14,16H,4-5H2,1H3. The average Bonchev–Trinajstić information content (AvgIpc) is 2.86. The Bertz CT molecular complexity index is 517. The Morgan fingerprint density at radius 1 is 1.44 bits per heavy atom. The zero-order valence-corrected chi connectivity index (χ0v) is 12.2. The van der Waals surface area contributed by atoms with E-state index in [1.807, 2.05) is 23.8 Å². The molecule has 0 saturated carbocycles. The van der Waals surface area contributed by atoms with Gasteiger partial charge in [-0.3, -0.25) is 4.98 Å². The summed E-state index contributed by atoms with van der Waals surface area (Å²) < 4.78 is 5.74. The maximum Gasteiger partial charge on any atom is 0.172 e. The van der Waals surface area contributed by atoms with Crippen molar-refractivity contribution in [2.24, 2.45) is 0 Å². The monoisotopic (exact) mass is 328 g/mol. The molecular formula is C12H13BrN2O2S. The van der Waals surface area contributed by atoms with Crippen LogP contribution in [0.4, 0.5) is 0 Å². The van der Waals surface area contributed by atoms with Gasteiger partial charge in [-0.15, -0.1) is 11.3 Å². The number of aromatic hydroxyl groups is 1. The number of methoxy groups -OCH3 is 1. The molecule has 0 atom stereocenters. The molecule has 1 aromatic carbocycles. The van der Waals surface area contributed by atoms with E-state index in [0.29, 0.717) is 16.8 Å². The van der Waals surface area contributed by atoms with Gasteiger partial charge in [0, 0.05) is 24.2 Å². The molecule has 0 aliphatic rings. The third kappa shape index (κ3) is 3.22. The van der Waals surface area contributed by atoms with Gasteiger partial charge in [0.05, 0.1) is 17.1 Å². The summed E-state index contributed by atoms with van der Waals surface area (Å²) in [6, 6.07) is 3.69. The lowest BCUT2D eigenvalue weighted by atomic mass is 10.2. The molecule has 0 unspecified atom stereocenters. The van der Waals surface area contributed by atoms with Crippen LogP contribution in [0.3, 0.4) is 0 Å². The first-order chi connectivity index (χ1) is 8.70. The second-order valence-electron chi connectivity index (χ2n) is 3.70. The van der Waals surface area contributed by atoms with E-state index in [1.165, 1.54) is 12.0 Å². The zero-order chi connectivity index (χ0) is 13.0. The first-order valence-electron chi connectivity index (χ1n) is 5.34. The molecule has 0 radical (unpaired) electrons. The van der Waals surface area contributed by atoms with Crippen LogP contribution in [0.2, 0.25) is 0 Å². The molecule has 18 heavy (non-hydrogen) atoms. The van der Waals surface area contributed by atoms with Crippen LogP contribution in [0.15, 0.2) is 28.3 Å². The van der Waals surface area contributed by atoms with Gasteiger partial charge >= 0.3 is 0 Å². The Hall–Kier alpha value is -1.11. The van der Waals surface area contributed by atoms with Crippen LogP contribution in [-0.4, -0.2) is 17.2 Å². The molecule has 0 fully saturated rings. The third-order valence-electron chi connectivity index (χ3n) is 2.42. The topological polar surface area (TPSA) is 54.4 Å². The molecule has 6 heteroatoms. The molecule has 2 N–H and O–H groups in total. The summed E-state index contributed by atoms with van der Waals surface area (Å²) >= 11 is 4.93. The first-order valence-corrected chi connectivity index (χ1v) is 7.01. The fraction of sp³-hybridized carbons (Fsp3) is 0.250. The Kier molecular flexibility index (Phi) is 4.57. The molecule has 0 spiro atoms. The molecule has 2 rings (SSSR count). The van der Waals surface area contributed by atoms with Crippen LogP contribution in [-0.2, 0) is 13.1 Å². The predicted octanol–water partition coefficient (Wildman–Crippen LogP) is 2.91. The third-order valence-corrected chi connectivity index (χ3v) is 3.80. The summed E-state index contributed by atoms with van der Waals surface area (Å²) in [4.78, 5) is 5.21. The molecule has 0 aliphatic heterocycles. The molecular weight excluding hydrogens is 316 g/mol. The quantitative estimate of drug-likeness (QED) is 0.886. The van der Waals surface area contributed by atoms with Gasteiger partial charge in [-0.1, -0.05) is 0 Å². The number of nitrogens with one attached hydrogen (secondary N) is 1. The van der Waals surface area contributed by atoms with Gasteiger partial charge in [-0.25, -0.2) is 0 Å². The van der Waals surface area contributed by atoms with Crippen molar-refractivity contribution >= 4 is 27.3 Å². The van der Waals surface area contributed by atoms with E-state index in [4.69, 9.17) is 4.74 Å². The van der Waals surface area contributed by atoms with Gasteiger partial charge in [0.1, 0.15) is 0 Å². The second kappa shape index (κ2) is 6.17. The number of phenolic OH excluding ortho intramolecular Hbond substituents is 1. The highest BCUT2D eigenvalue weighted by Crippen LogP contribution is 2.35. The van der Waals surface area contributed by atoms with E-state index < -0.39 is 0 Å². The van der Waals surface area contributed by atoms with Crippen molar-refractivity contribution in [2.75, 3.05) is 7.11 Å². The number of phenols is 1. The van der Waals surface area contributed by atoms with Crippen molar-refractivity contribution in [3.05, 3.63) is 38.8 Å². The number of rotatable bonds is 5. The summed E-state index contributed by atoms with van der Waals surface area (Å²) in [7, 11) is 1.54. The summed E-state index contributed by atoms with van der Waals surface area (Å²) in [6.45, 7) is 1.48. The lowest BCUT2D eigenvalue weighted by Crippen LogP contribution is -2.11. The van der Waals surface area contributed by atoms with Crippen LogP contribution in [0.1, 0.15) is 10.4 Å². The van der Waals surface area contributed by atoms with Crippen LogP contribution in [0.25, 0.3) is 0 Å². The molecule has 0 aliphatic carbocycles. The van der Waals surface area contributed by atoms with Crippen molar-refractivity contribution in [3.8, 4) is 11.5 Å². The minimum Gasteiger partial charge on any atom is -0.503 e. The predicted molar refractivity (Wildman–Crippen MR) is 75.0 cm³/mol. The van der Waals surface area contributed by atoms with Crippen LogP contribution >= 0.6 is 27.3 Å². The van der Waals surface area contributed by atoms with Crippen LogP contribution < -0.4 is 10.1 Å². The summed E-state index contributed by atoms with van der Waals surface area (Å²) in [6.07, 6.45) is 1.85. The number of aromatic nitrogens is 1. The molecule has 1 aromatic heterocycles. The highest BCUT2D eigenvalue weighted by molar-refractivity contribution is 9.10. The number of benzene rings is 1. The maximum atomic E-state index is 9.70. The lowest BCUT2D eigenvalue weighted by molar-refractivity contribution is 0.371. The normalized spacial score (nSPS) is 10.6. The van der Waals surface area contributed by atoms with Crippen molar-refractivity contribution in [3.63, 3.8) is 0 Å². The number of nitrogens with zero attached hydrogens (tertiary/aromatic N) is 1. The fourth-order valence-electron chi connectivity index (χ4n) is 1.54. The van der Waals surface area contributed by atoms with Crippen molar-refractivity contribution < 1.29 is 9.84 Å². The van der Waals surface area contributed by atoms with E-state index in [0.717, 1.165) is 12.1 Å². The highest BCUT2D eigenvalue weighted by Gasteiger charge is 2.08. The molecule has 1 heterocycles. The molecule has 0 saturated heterocycles. The Morgan fingerprint density at radius 3 is 2.94 bits per heavy atom. The summed E-state index contributed by atoms with van der Waals surface area (Å²) in [5.74, 6) is 0.600. The number of halogens is 1. The van der Waals surface area contributed by atoms with E-state index in [1.54, 1.807) is 11.3 Å². The zero-order valence-electron chi connectivity index (χ0n) is 9.81. The Labute approximate surface area is 118 Å². The smallest absolute Gasteiger partial charge is 0.172 e. The SMILES string of the molecule is COc1cc(CNCc2cncs2)cc(Br)c1O. The molecule has 0 bridgehead atoms. The molecule has 96 valence electrons. The Morgan fingerprint density at radius 2 is 2.28 bits per heavy atom. The first kappa shape index (κ1) is 13.3. The van der Waals surface area contributed by atoms with E-state index in [2.05, 4.69) is 26.2 Å². The maximum absolute atomic E-state index is 9.70. The van der Waals surface area contributed by atoms with E-state index in [-0.39, 0.29) is 5.75 Å². The largest absolute Gasteiger partial charge is 0.503 e. The van der Waals surface area contributed by atoms with Gasteiger partial charge in [-0.05, 0) is 33.6 Å². The van der Waals surface area contributed by atoms with Gasteiger partial charge in [0.2, 0.25) is 0 Å². The van der Waals surface area contributed by atoms with Gasteiger partial charge in [0.15, 0.2) is 11.5 Å². The number of hydrogen-bond acceptors (Lipinski definition) is 5. The van der Waals surface area contributed by atoms with E-state index >= 15 is 0 Å². The highest BCUT2D eigenvalue weighted by atomic mass is 79.9. The van der Waals surface area contributed by atoms with Gasteiger partial charge in [-0.2, -0.15) is 0 Å². The van der Waals surface area contributed by atoms with Crippen molar-refractivity contribution in [1.29, 1.82) is 0 Å². The molecule has 0 amide bonds. The number of thiazole rings is 1. The number of hydrogen-bond donors (Lipinski definition) is 2. The van der Waals surface area contributed by atoms with Crippen molar-refractivity contribution in [1.82, 2.24) is 10.3 Å².